The van der Waals surface area contributed by atoms with Gasteiger partial charge in [0, 0.05) is 23.7 Å². The van der Waals surface area contributed by atoms with Gasteiger partial charge in [-0.15, -0.1) is 0 Å². The molecule has 1 fully saturated rings. The van der Waals surface area contributed by atoms with Gasteiger partial charge in [-0.1, -0.05) is 11.6 Å². The molecule has 1 aromatic heterocycles. The summed E-state index contributed by atoms with van der Waals surface area (Å²) in [6.45, 7) is 0. The van der Waals surface area contributed by atoms with Gasteiger partial charge in [0.1, 0.15) is 16.8 Å². The molecule has 6 heteroatoms. The second-order valence-electron chi connectivity index (χ2n) is 4.68. The van der Waals surface area contributed by atoms with Crippen LogP contribution in [0.2, 0.25) is 5.15 Å². The fraction of sp³-hybridized carbons (Fsp3) is 0.286. The van der Waals surface area contributed by atoms with Crippen LogP contribution in [-0.4, -0.2) is 17.1 Å². The summed E-state index contributed by atoms with van der Waals surface area (Å²) in [5, 5.41) is 3.42. The quantitative estimate of drug-likeness (QED) is 0.869. The highest BCUT2D eigenvalue weighted by molar-refractivity contribution is 6.29. The minimum atomic E-state index is -0.430. The largest absolute Gasteiger partial charge is 0.494 e. The number of nitrogens with zero attached hydrogens (tertiary/aromatic N) is 2. The van der Waals surface area contributed by atoms with Gasteiger partial charge in [-0.25, -0.2) is 14.4 Å². The molecule has 0 bridgehead atoms. The van der Waals surface area contributed by atoms with Crippen LogP contribution in [0.5, 0.6) is 5.75 Å². The lowest BCUT2D eigenvalue weighted by atomic mass is 10.3. The van der Waals surface area contributed by atoms with Gasteiger partial charge in [-0.3, -0.25) is 0 Å². The number of methoxy groups -OCH3 is 1. The van der Waals surface area contributed by atoms with Gasteiger partial charge in [0.05, 0.1) is 7.11 Å². The van der Waals surface area contributed by atoms with Gasteiger partial charge in [-0.05, 0) is 25.0 Å². The van der Waals surface area contributed by atoms with Crippen molar-refractivity contribution in [1.82, 2.24) is 9.97 Å². The molecule has 4 nitrogen and oxygen atoms in total. The molecule has 1 saturated carbocycles. The fourth-order valence-corrected chi connectivity index (χ4v) is 2.11. The molecule has 0 aliphatic heterocycles. The number of nitrogens with one attached hydrogen (secondary N) is 1. The molecule has 0 amide bonds. The van der Waals surface area contributed by atoms with Gasteiger partial charge in [-0.2, -0.15) is 0 Å². The Kier molecular flexibility index (Phi) is 3.44. The summed E-state index contributed by atoms with van der Waals surface area (Å²) in [4.78, 5) is 8.61. The summed E-state index contributed by atoms with van der Waals surface area (Å²) in [7, 11) is 1.43. The van der Waals surface area contributed by atoms with Crippen LogP contribution in [0.4, 0.5) is 15.9 Å². The van der Waals surface area contributed by atoms with Crippen molar-refractivity contribution in [3.8, 4) is 5.75 Å². The highest BCUT2D eigenvalue weighted by atomic mass is 35.5. The molecule has 1 N–H and O–H groups in total. The van der Waals surface area contributed by atoms with Crippen molar-refractivity contribution in [2.45, 2.75) is 18.8 Å². The van der Waals surface area contributed by atoms with Gasteiger partial charge in [0.25, 0.3) is 0 Å². The van der Waals surface area contributed by atoms with Crippen LogP contribution in [0.25, 0.3) is 0 Å². The second-order valence-corrected chi connectivity index (χ2v) is 5.07. The molecular weight excluding hydrogens is 281 g/mol. The van der Waals surface area contributed by atoms with Crippen molar-refractivity contribution in [3.05, 3.63) is 41.1 Å². The topological polar surface area (TPSA) is 47.0 Å². The molecule has 20 heavy (non-hydrogen) atoms. The number of hydrogen-bond donors (Lipinski definition) is 1. The normalized spacial score (nSPS) is 14.2. The summed E-state index contributed by atoms with van der Waals surface area (Å²) in [6.07, 6.45) is 2.19. The lowest BCUT2D eigenvalue weighted by molar-refractivity contribution is 0.386. The Morgan fingerprint density at radius 1 is 1.30 bits per heavy atom. The Labute approximate surface area is 121 Å². The SMILES string of the molecule is COc1ccc(Nc2cc(Cl)nc(C3CC3)n2)cc1F. The molecule has 1 aliphatic carbocycles. The average molecular weight is 294 g/mol. The van der Waals surface area contributed by atoms with Crippen molar-refractivity contribution in [1.29, 1.82) is 0 Å². The minimum Gasteiger partial charge on any atom is -0.494 e. The monoisotopic (exact) mass is 293 g/mol. The molecular formula is C14H13ClFN3O. The Bertz CT molecular complexity index is 646. The second kappa shape index (κ2) is 5.25. The Hall–Kier alpha value is -1.88. The number of hydrogen-bond acceptors (Lipinski definition) is 4. The van der Waals surface area contributed by atoms with E-state index in [0.29, 0.717) is 22.6 Å². The summed E-state index contributed by atoms with van der Waals surface area (Å²) in [5.74, 6) is 1.49. The van der Waals surface area contributed by atoms with Crippen LogP contribution in [0, 0.1) is 5.82 Å². The molecule has 0 atom stereocenters. The zero-order valence-corrected chi connectivity index (χ0v) is 11.6. The molecule has 1 heterocycles. The zero-order valence-electron chi connectivity index (χ0n) is 10.9. The first-order valence-electron chi connectivity index (χ1n) is 6.31. The molecule has 0 spiro atoms. The van der Waals surface area contributed by atoms with Crippen LogP contribution in [0.1, 0.15) is 24.6 Å². The van der Waals surface area contributed by atoms with E-state index in [0.717, 1.165) is 18.7 Å². The van der Waals surface area contributed by atoms with Gasteiger partial charge < -0.3 is 10.1 Å². The van der Waals surface area contributed by atoms with E-state index in [1.54, 1.807) is 18.2 Å². The van der Waals surface area contributed by atoms with Gasteiger partial charge in [0.15, 0.2) is 11.6 Å². The first-order chi connectivity index (χ1) is 9.65. The van der Waals surface area contributed by atoms with Crippen LogP contribution in [0.3, 0.4) is 0 Å². The summed E-state index contributed by atoms with van der Waals surface area (Å²) < 4.78 is 18.5. The molecule has 1 aromatic carbocycles. The van der Waals surface area contributed by atoms with E-state index >= 15 is 0 Å². The highest BCUT2D eigenvalue weighted by Crippen LogP contribution is 2.39. The van der Waals surface area contributed by atoms with Crippen LogP contribution in [0.15, 0.2) is 24.3 Å². The molecule has 1 aliphatic rings. The molecule has 3 rings (SSSR count). The van der Waals surface area contributed by atoms with E-state index in [1.807, 2.05) is 0 Å². The first kappa shape index (κ1) is 13.1. The summed E-state index contributed by atoms with van der Waals surface area (Å²) in [5.41, 5.74) is 0.583. The predicted molar refractivity (Wildman–Crippen MR) is 75.3 cm³/mol. The van der Waals surface area contributed by atoms with E-state index < -0.39 is 5.82 Å². The standard InChI is InChI=1S/C14H13ClFN3O/c1-20-11-5-4-9(6-10(11)16)17-13-7-12(15)18-14(19-13)8-2-3-8/h4-8H,2-3H2,1H3,(H,17,18,19). The highest BCUT2D eigenvalue weighted by Gasteiger charge is 2.27. The van der Waals surface area contributed by atoms with Gasteiger partial charge >= 0.3 is 0 Å². The first-order valence-corrected chi connectivity index (χ1v) is 6.68. The summed E-state index contributed by atoms with van der Waals surface area (Å²) in [6, 6.07) is 6.25. The van der Waals surface area contributed by atoms with E-state index in [1.165, 1.54) is 13.2 Å². The number of anilines is 2. The maximum atomic E-state index is 13.6. The van der Waals surface area contributed by atoms with Crippen molar-refractivity contribution in [3.63, 3.8) is 0 Å². The van der Waals surface area contributed by atoms with Gasteiger partial charge in [0.2, 0.25) is 0 Å². The number of benzene rings is 1. The third kappa shape index (κ3) is 2.82. The smallest absolute Gasteiger partial charge is 0.167 e. The lowest BCUT2D eigenvalue weighted by Crippen LogP contribution is -2.00. The Morgan fingerprint density at radius 3 is 2.75 bits per heavy atom. The van der Waals surface area contributed by atoms with Crippen molar-refractivity contribution >= 4 is 23.1 Å². The average Bonchev–Trinajstić information content (AvgIpc) is 3.22. The fourth-order valence-electron chi connectivity index (χ4n) is 1.92. The number of ether oxygens (including phenoxy) is 1. The van der Waals surface area contributed by atoms with Crippen molar-refractivity contribution in [2.24, 2.45) is 0 Å². The van der Waals surface area contributed by atoms with E-state index in [4.69, 9.17) is 16.3 Å². The molecule has 0 radical (unpaired) electrons. The van der Waals surface area contributed by atoms with E-state index in [-0.39, 0.29) is 5.75 Å². The Balaban J connectivity index is 1.85. The van der Waals surface area contributed by atoms with Crippen molar-refractivity contribution < 1.29 is 9.13 Å². The minimum absolute atomic E-state index is 0.204. The summed E-state index contributed by atoms with van der Waals surface area (Å²) >= 11 is 5.98. The van der Waals surface area contributed by atoms with Crippen LogP contribution in [-0.2, 0) is 0 Å². The third-order valence-corrected chi connectivity index (χ3v) is 3.27. The van der Waals surface area contributed by atoms with Crippen LogP contribution >= 0.6 is 11.6 Å². The molecule has 0 unspecified atom stereocenters. The maximum absolute atomic E-state index is 13.6. The lowest BCUT2D eigenvalue weighted by Gasteiger charge is -2.09. The van der Waals surface area contributed by atoms with Crippen LogP contribution < -0.4 is 10.1 Å². The number of halogens is 2. The number of aromatic nitrogens is 2. The Morgan fingerprint density at radius 2 is 2.10 bits per heavy atom. The van der Waals surface area contributed by atoms with Crippen molar-refractivity contribution in [2.75, 3.05) is 12.4 Å². The molecule has 0 saturated heterocycles. The third-order valence-electron chi connectivity index (χ3n) is 3.08. The number of rotatable bonds is 4. The van der Waals surface area contributed by atoms with E-state index in [9.17, 15) is 4.39 Å². The predicted octanol–water partition coefficient (Wildman–Crippen LogP) is 3.90. The maximum Gasteiger partial charge on any atom is 0.167 e. The zero-order chi connectivity index (χ0) is 14.1. The van der Waals surface area contributed by atoms with E-state index in [2.05, 4.69) is 15.3 Å². The molecule has 104 valence electrons. The molecule has 2 aromatic rings.